The maximum absolute atomic E-state index is 13.1. The van der Waals surface area contributed by atoms with Gasteiger partial charge in [0.1, 0.15) is 11.4 Å². The zero-order chi connectivity index (χ0) is 18.4. The molecule has 1 aromatic rings. The molecule has 1 heterocycles. The third-order valence-corrected chi connectivity index (χ3v) is 3.79. The van der Waals surface area contributed by atoms with E-state index in [9.17, 15) is 14.0 Å². The molecule has 2 rings (SSSR count). The second-order valence-corrected chi connectivity index (χ2v) is 7.12. The number of anilines is 1. The van der Waals surface area contributed by atoms with Crippen LogP contribution in [0.1, 0.15) is 27.2 Å². The first-order valence-corrected chi connectivity index (χ1v) is 8.49. The number of carbonyl (C=O) groups excluding carboxylic acids is 2. The quantitative estimate of drug-likeness (QED) is 0.906. The van der Waals surface area contributed by atoms with Gasteiger partial charge in [0.2, 0.25) is 5.91 Å². The minimum Gasteiger partial charge on any atom is -0.444 e. The summed E-state index contributed by atoms with van der Waals surface area (Å²) in [4.78, 5) is 27.8. The first-order valence-electron chi connectivity index (χ1n) is 8.49. The van der Waals surface area contributed by atoms with Gasteiger partial charge in [0.15, 0.2) is 0 Å². The Labute approximate surface area is 147 Å². The first kappa shape index (κ1) is 19.2. The lowest BCUT2D eigenvalue weighted by Gasteiger charge is -2.35. The van der Waals surface area contributed by atoms with Crippen molar-refractivity contribution < 1.29 is 18.7 Å². The van der Waals surface area contributed by atoms with Gasteiger partial charge in [-0.3, -0.25) is 9.69 Å². The number of piperazine rings is 1. The van der Waals surface area contributed by atoms with E-state index in [0.717, 1.165) is 0 Å². The van der Waals surface area contributed by atoms with Gasteiger partial charge in [-0.1, -0.05) is 6.07 Å². The Bertz CT molecular complexity index is 608. The Balaban J connectivity index is 1.70. The lowest BCUT2D eigenvalue weighted by molar-refractivity contribution is -0.116. The molecule has 0 aliphatic carbocycles. The normalized spacial score (nSPS) is 15.8. The number of benzene rings is 1. The molecule has 1 aliphatic heterocycles. The molecular weight excluding hydrogens is 325 g/mol. The number of carbonyl (C=O) groups is 2. The molecule has 25 heavy (non-hydrogen) atoms. The molecule has 0 unspecified atom stereocenters. The SMILES string of the molecule is CC(C)(C)OC(=O)N1CCN(CCC(=O)Nc2cccc(F)c2)CC1. The first-order chi connectivity index (χ1) is 11.7. The van der Waals surface area contributed by atoms with E-state index in [-0.39, 0.29) is 17.8 Å². The third-order valence-electron chi connectivity index (χ3n) is 3.79. The predicted octanol–water partition coefficient (Wildman–Crippen LogP) is 2.71. The Morgan fingerprint density at radius 1 is 1.20 bits per heavy atom. The standard InChI is InChI=1S/C18H26FN3O3/c1-18(2,3)25-17(24)22-11-9-21(10-12-22)8-7-16(23)20-15-6-4-5-14(19)13-15/h4-6,13H,7-12H2,1-3H3,(H,20,23). The van der Waals surface area contributed by atoms with Gasteiger partial charge in [-0.2, -0.15) is 0 Å². The molecule has 7 heteroatoms. The van der Waals surface area contributed by atoms with Crippen LogP contribution in [-0.2, 0) is 9.53 Å². The van der Waals surface area contributed by atoms with E-state index in [2.05, 4.69) is 10.2 Å². The maximum atomic E-state index is 13.1. The van der Waals surface area contributed by atoms with Gasteiger partial charge < -0.3 is 15.0 Å². The maximum Gasteiger partial charge on any atom is 0.410 e. The summed E-state index contributed by atoms with van der Waals surface area (Å²) in [5.74, 6) is -0.531. The van der Waals surface area contributed by atoms with Crippen molar-refractivity contribution in [2.45, 2.75) is 32.8 Å². The Hall–Kier alpha value is -2.15. The van der Waals surface area contributed by atoms with Crippen LogP contribution in [0.2, 0.25) is 0 Å². The van der Waals surface area contributed by atoms with E-state index >= 15 is 0 Å². The fourth-order valence-electron chi connectivity index (χ4n) is 2.53. The molecular formula is C18H26FN3O3. The van der Waals surface area contributed by atoms with Gasteiger partial charge >= 0.3 is 6.09 Å². The highest BCUT2D eigenvalue weighted by atomic mass is 19.1. The molecule has 1 aromatic carbocycles. The van der Waals surface area contributed by atoms with Crippen LogP contribution in [0, 0.1) is 5.82 Å². The number of rotatable bonds is 4. The van der Waals surface area contributed by atoms with Gasteiger partial charge in [-0.25, -0.2) is 9.18 Å². The van der Waals surface area contributed by atoms with Gasteiger partial charge in [0.05, 0.1) is 0 Å². The monoisotopic (exact) mass is 351 g/mol. The van der Waals surface area contributed by atoms with Crippen LogP contribution in [0.25, 0.3) is 0 Å². The predicted molar refractivity (Wildman–Crippen MR) is 93.9 cm³/mol. The van der Waals surface area contributed by atoms with Gasteiger partial charge in [-0.05, 0) is 39.0 Å². The largest absolute Gasteiger partial charge is 0.444 e. The summed E-state index contributed by atoms with van der Waals surface area (Å²) >= 11 is 0. The highest BCUT2D eigenvalue weighted by Crippen LogP contribution is 2.13. The minimum absolute atomic E-state index is 0.153. The Morgan fingerprint density at radius 2 is 1.88 bits per heavy atom. The average molecular weight is 351 g/mol. The number of amides is 2. The summed E-state index contributed by atoms with van der Waals surface area (Å²) in [5, 5.41) is 2.68. The van der Waals surface area contributed by atoms with Crippen molar-refractivity contribution in [2.24, 2.45) is 0 Å². The highest BCUT2D eigenvalue weighted by Gasteiger charge is 2.25. The smallest absolute Gasteiger partial charge is 0.410 e. The molecule has 0 bridgehead atoms. The summed E-state index contributed by atoms with van der Waals surface area (Å²) < 4.78 is 18.5. The molecule has 0 spiro atoms. The van der Waals surface area contributed by atoms with Crippen molar-refractivity contribution in [1.29, 1.82) is 0 Å². The van der Waals surface area contributed by atoms with Crippen LogP contribution in [0.15, 0.2) is 24.3 Å². The molecule has 0 saturated carbocycles. The summed E-state index contributed by atoms with van der Waals surface area (Å²) in [5.41, 5.74) is -0.0387. The van der Waals surface area contributed by atoms with Crippen LogP contribution in [0.4, 0.5) is 14.9 Å². The fraction of sp³-hybridized carbons (Fsp3) is 0.556. The number of nitrogens with one attached hydrogen (secondary N) is 1. The zero-order valence-electron chi connectivity index (χ0n) is 15.0. The van der Waals surface area contributed by atoms with E-state index in [1.54, 1.807) is 17.0 Å². The minimum atomic E-state index is -0.497. The second kappa shape index (κ2) is 8.29. The van der Waals surface area contributed by atoms with Crippen molar-refractivity contribution >= 4 is 17.7 Å². The lowest BCUT2D eigenvalue weighted by atomic mass is 10.2. The van der Waals surface area contributed by atoms with E-state index in [0.29, 0.717) is 44.8 Å². The molecule has 2 amide bonds. The summed E-state index contributed by atoms with van der Waals surface area (Å²) in [7, 11) is 0. The second-order valence-electron chi connectivity index (χ2n) is 7.12. The van der Waals surface area contributed by atoms with E-state index in [1.807, 2.05) is 20.8 Å². The molecule has 6 nitrogen and oxygen atoms in total. The van der Waals surface area contributed by atoms with Crippen LogP contribution >= 0.6 is 0 Å². The molecule has 138 valence electrons. The number of halogens is 1. The Morgan fingerprint density at radius 3 is 2.48 bits per heavy atom. The third kappa shape index (κ3) is 6.70. The summed E-state index contributed by atoms with van der Waals surface area (Å²) in [6.45, 7) is 8.71. The number of hydrogen-bond acceptors (Lipinski definition) is 4. The number of nitrogens with zero attached hydrogens (tertiary/aromatic N) is 2. The molecule has 1 fully saturated rings. The Kier molecular flexibility index (Phi) is 6.36. The topological polar surface area (TPSA) is 61.9 Å². The fourth-order valence-corrected chi connectivity index (χ4v) is 2.53. The van der Waals surface area contributed by atoms with E-state index in [1.165, 1.54) is 12.1 Å². The molecule has 1 aliphatic rings. The van der Waals surface area contributed by atoms with Gasteiger partial charge in [0, 0.05) is 44.8 Å². The van der Waals surface area contributed by atoms with Crippen LogP contribution in [-0.4, -0.2) is 60.1 Å². The van der Waals surface area contributed by atoms with Crippen molar-refractivity contribution in [1.82, 2.24) is 9.80 Å². The average Bonchev–Trinajstić information content (AvgIpc) is 2.52. The van der Waals surface area contributed by atoms with E-state index in [4.69, 9.17) is 4.74 Å². The number of ether oxygens (including phenoxy) is 1. The molecule has 1 N–H and O–H groups in total. The summed E-state index contributed by atoms with van der Waals surface area (Å²) in [6.07, 6.45) is 0.0270. The molecule has 0 atom stereocenters. The number of hydrogen-bond donors (Lipinski definition) is 1. The lowest BCUT2D eigenvalue weighted by Crippen LogP contribution is -2.50. The highest BCUT2D eigenvalue weighted by molar-refractivity contribution is 5.90. The van der Waals surface area contributed by atoms with Crippen molar-refractivity contribution in [2.75, 3.05) is 38.0 Å². The molecule has 0 radical (unpaired) electrons. The summed E-state index contributed by atoms with van der Waals surface area (Å²) in [6, 6.07) is 5.83. The zero-order valence-corrected chi connectivity index (χ0v) is 15.0. The van der Waals surface area contributed by atoms with Gasteiger partial charge in [-0.15, -0.1) is 0 Å². The van der Waals surface area contributed by atoms with Crippen molar-refractivity contribution in [3.05, 3.63) is 30.1 Å². The van der Waals surface area contributed by atoms with Crippen molar-refractivity contribution in [3.8, 4) is 0 Å². The van der Waals surface area contributed by atoms with E-state index < -0.39 is 5.60 Å². The van der Waals surface area contributed by atoms with Crippen LogP contribution in [0.3, 0.4) is 0 Å². The van der Waals surface area contributed by atoms with Crippen LogP contribution < -0.4 is 5.32 Å². The molecule has 0 aromatic heterocycles. The molecule has 1 saturated heterocycles. The van der Waals surface area contributed by atoms with Crippen molar-refractivity contribution in [3.63, 3.8) is 0 Å². The van der Waals surface area contributed by atoms with Crippen LogP contribution in [0.5, 0.6) is 0 Å². The van der Waals surface area contributed by atoms with Gasteiger partial charge in [0.25, 0.3) is 0 Å².